The summed E-state index contributed by atoms with van der Waals surface area (Å²) in [6.07, 6.45) is 3.68. The third-order valence-corrected chi connectivity index (χ3v) is 2.23. The summed E-state index contributed by atoms with van der Waals surface area (Å²) in [5.41, 5.74) is 2.40. The summed E-state index contributed by atoms with van der Waals surface area (Å²) < 4.78 is 0. The fraction of sp³-hybridized carbons (Fsp3) is 0.500. The smallest absolute Gasteiger partial charge is 0.0421 e. The Morgan fingerprint density at radius 1 is 1.56 bits per heavy atom. The molecular weight excluding hydrogens is 132 g/mol. The third-order valence-electron chi connectivity index (χ3n) is 1.64. The average Bonchev–Trinajstić information content (AvgIpc) is 1.60. The molecule has 0 heterocycles. The number of allylic oxidation sites excluding steroid dienone is 3. The van der Waals surface area contributed by atoms with E-state index in [-0.39, 0.29) is 0 Å². The van der Waals surface area contributed by atoms with Crippen molar-refractivity contribution < 1.29 is 0 Å². The highest BCUT2D eigenvalue weighted by Gasteiger charge is 2.12. The highest BCUT2D eigenvalue weighted by atomic mass is 35.5. The first kappa shape index (κ1) is 6.88. The van der Waals surface area contributed by atoms with Gasteiger partial charge in [0.1, 0.15) is 0 Å². The molecule has 0 saturated heterocycles. The summed E-state index contributed by atoms with van der Waals surface area (Å²) in [7, 11) is 0. The van der Waals surface area contributed by atoms with Gasteiger partial charge >= 0.3 is 0 Å². The summed E-state index contributed by atoms with van der Waals surface area (Å²) in [5.74, 6) is 0. The molecule has 0 bridgehead atoms. The molecule has 50 valence electrons. The SMILES string of the molecule is C=C(C)C(Cl)=C1CCC1. The number of hydrogen-bond acceptors (Lipinski definition) is 0. The van der Waals surface area contributed by atoms with E-state index in [2.05, 4.69) is 6.58 Å². The molecule has 0 nitrogen and oxygen atoms in total. The van der Waals surface area contributed by atoms with Crippen molar-refractivity contribution in [2.24, 2.45) is 0 Å². The van der Waals surface area contributed by atoms with Crippen LogP contribution in [0.2, 0.25) is 0 Å². The molecule has 1 fully saturated rings. The fourth-order valence-corrected chi connectivity index (χ4v) is 1.06. The average molecular weight is 143 g/mol. The van der Waals surface area contributed by atoms with E-state index in [0.29, 0.717) is 0 Å². The van der Waals surface area contributed by atoms with Crippen molar-refractivity contribution in [1.29, 1.82) is 0 Å². The Morgan fingerprint density at radius 2 is 2.11 bits per heavy atom. The van der Waals surface area contributed by atoms with E-state index in [1.807, 2.05) is 6.92 Å². The van der Waals surface area contributed by atoms with Crippen LogP contribution >= 0.6 is 11.6 Å². The molecular formula is C8H11Cl. The van der Waals surface area contributed by atoms with Gasteiger partial charge in [0.25, 0.3) is 0 Å². The molecule has 0 radical (unpaired) electrons. The van der Waals surface area contributed by atoms with Crippen LogP contribution in [0.3, 0.4) is 0 Å². The summed E-state index contributed by atoms with van der Waals surface area (Å²) in [4.78, 5) is 0. The van der Waals surface area contributed by atoms with Gasteiger partial charge in [0.2, 0.25) is 0 Å². The molecule has 1 aliphatic rings. The quantitative estimate of drug-likeness (QED) is 0.527. The van der Waals surface area contributed by atoms with Gasteiger partial charge in [0.15, 0.2) is 0 Å². The van der Waals surface area contributed by atoms with Gasteiger partial charge in [0, 0.05) is 5.03 Å². The van der Waals surface area contributed by atoms with Crippen LogP contribution in [0.15, 0.2) is 22.8 Å². The molecule has 0 unspecified atom stereocenters. The van der Waals surface area contributed by atoms with E-state index in [1.54, 1.807) is 0 Å². The molecule has 0 aromatic rings. The third kappa shape index (κ3) is 1.36. The minimum Gasteiger partial charge on any atom is -0.0946 e. The summed E-state index contributed by atoms with van der Waals surface area (Å²) in [6.45, 7) is 5.72. The van der Waals surface area contributed by atoms with Crippen molar-refractivity contribution in [2.75, 3.05) is 0 Å². The van der Waals surface area contributed by atoms with Gasteiger partial charge in [0.05, 0.1) is 0 Å². The van der Waals surface area contributed by atoms with Gasteiger partial charge in [-0.2, -0.15) is 0 Å². The van der Waals surface area contributed by atoms with Crippen LogP contribution in [0.5, 0.6) is 0 Å². The van der Waals surface area contributed by atoms with Crippen LogP contribution in [0.1, 0.15) is 26.2 Å². The molecule has 0 aromatic carbocycles. The Kier molecular flexibility index (Phi) is 1.97. The molecule has 1 rings (SSSR count). The van der Waals surface area contributed by atoms with E-state index >= 15 is 0 Å². The van der Waals surface area contributed by atoms with Crippen molar-refractivity contribution in [3.05, 3.63) is 22.8 Å². The maximum absolute atomic E-state index is 5.90. The maximum Gasteiger partial charge on any atom is 0.0421 e. The predicted molar refractivity (Wildman–Crippen MR) is 41.5 cm³/mol. The van der Waals surface area contributed by atoms with Gasteiger partial charge in [-0.1, -0.05) is 23.8 Å². The van der Waals surface area contributed by atoms with Crippen molar-refractivity contribution in [2.45, 2.75) is 26.2 Å². The Labute approximate surface area is 61.2 Å². The molecule has 1 saturated carbocycles. The van der Waals surface area contributed by atoms with E-state index in [1.165, 1.54) is 24.8 Å². The van der Waals surface area contributed by atoms with E-state index in [4.69, 9.17) is 11.6 Å². The summed E-state index contributed by atoms with van der Waals surface area (Å²) in [6, 6.07) is 0. The van der Waals surface area contributed by atoms with Crippen LogP contribution in [0.25, 0.3) is 0 Å². The second-order valence-corrected chi connectivity index (χ2v) is 2.93. The first-order valence-electron chi connectivity index (χ1n) is 3.25. The number of halogens is 1. The lowest BCUT2D eigenvalue weighted by Gasteiger charge is -2.18. The molecule has 0 aromatic heterocycles. The van der Waals surface area contributed by atoms with E-state index in [0.717, 1.165) is 10.6 Å². The molecule has 9 heavy (non-hydrogen) atoms. The first-order chi connectivity index (χ1) is 4.22. The molecule has 1 aliphatic carbocycles. The zero-order valence-corrected chi connectivity index (χ0v) is 6.46. The Balaban J connectivity index is 2.67. The van der Waals surface area contributed by atoms with Crippen LogP contribution in [0.4, 0.5) is 0 Å². The second kappa shape index (κ2) is 2.57. The monoisotopic (exact) mass is 142 g/mol. The second-order valence-electron chi connectivity index (χ2n) is 2.55. The van der Waals surface area contributed by atoms with Crippen molar-refractivity contribution in [3.8, 4) is 0 Å². The van der Waals surface area contributed by atoms with Gasteiger partial charge < -0.3 is 0 Å². The van der Waals surface area contributed by atoms with Gasteiger partial charge in [-0.25, -0.2) is 0 Å². The van der Waals surface area contributed by atoms with Crippen LogP contribution < -0.4 is 0 Å². The predicted octanol–water partition coefficient (Wildman–Crippen LogP) is 3.24. The molecule has 0 aliphatic heterocycles. The zero-order chi connectivity index (χ0) is 6.85. The Bertz CT molecular complexity index is 159. The highest BCUT2D eigenvalue weighted by molar-refractivity contribution is 6.32. The van der Waals surface area contributed by atoms with Crippen molar-refractivity contribution >= 4 is 11.6 Å². The van der Waals surface area contributed by atoms with Crippen molar-refractivity contribution in [3.63, 3.8) is 0 Å². The maximum atomic E-state index is 5.90. The number of hydrogen-bond donors (Lipinski definition) is 0. The van der Waals surface area contributed by atoms with Crippen LogP contribution in [-0.4, -0.2) is 0 Å². The fourth-order valence-electron chi connectivity index (χ4n) is 0.875. The van der Waals surface area contributed by atoms with Crippen LogP contribution in [-0.2, 0) is 0 Å². The highest BCUT2D eigenvalue weighted by Crippen LogP contribution is 2.32. The van der Waals surface area contributed by atoms with Crippen molar-refractivity contribution in [1.82, 2.24) is 0 Å². The van der Waals surface area contributed by atoms with E-state index in [9.17, 15) is 0 Å². The first-order valence-corrected chi connectivity index (χ1v) is 3.63. The normalized spacial score (nSPS) is 16.9. The zero-order valence-electron chi connectivity index (χ0n) is 5.71. The number of rotatable bonds is 1. The standard InChI is InChI=1S/C8H11Cl/c1-6(2)8(9)7-4-3-5-7/h1,3-5H2,2H3. The van der Waals surface area contributed by atoms with E-state index < -0.39 is 0 Å². The molecule has 0 spiro atoms. The Morgan fingerprint density at radius 3 is 2.22 bits per heavy atom. The van der Waals surface area contributed by atoms with Crippen LogP contribution in [0, 0.1) is 0 Å². The lowest BCUT2D eigenvalue weighted by Crippen LogP contribution is -1.99. The molecule has 1 heteroatoms. The minimum absolute atomic E-state index is 0.918. The summed E-state index contributed by atoms with van der Waals surface area (Å²) >= 11 is 5.90. The summed E-state index contributed by atoms with van der Waals surface area (Å²) in [5, 5.41) is 0.918. The minimum atomic E-state index is 0.918. The largest absolute Gasteiger partial charge is 0.0946 e. The molecule has 0 amide bonds. The van der Waals surface area contributed by atoms with Gasteiger partial charge in [-0.3, -0.25) is 0 Å². The van der Waals surface area contributed by atoms with Gasteiger partial charge in [-0.05, 0) is 31.8 Å². The molecule has 0 N–H and O–H groups in total. The lowest BCUT2D eigenvalue weighted by molar-refractivity contribution is 0.659. The topological polar surface area (TPSA) is 0 Å². The molecule has 0 atom stereocenters. The van der Waals surface area contributed by atoms with Gasteiger partial charge in [-0.15, -0.1) is 0 Å². The lowest BCUT2D eigenvalue weighted by atomic mass is 9.91. The Hall–Kier alpha value is -0.230.